The SMILES string of the molecule is CC(C)OC(=O)CS(=O)Cc1cccc(C(=O)O)c1. The van der Waals surface area contributed by atoms with Crippen molar-refractivity contribution in [3.8, 4) is 0 Å². The molecule has 0 bridgehead atoms. The Bertz CT molecular complexity index is 496. The summed E-state index contributed by atoms with van der Waals surface area (Å²) in [6.45, 7) is 3.44. The minimum Gasteiger partial charge on any atom is -0.478 e. The van der Waals surface area contributed by atoms with Gasteiger partial charge >= 0.3 is 11.9 Å². The van der Waals surface area contributed by atoms with E-state index in [9.17, 15) is 13.8 Å². The van der Waals surface area contributed by atoms with Crippen LogP contribution in [0.2, 0.25) is 0 Å². The highest BCUT2D eigenvalue weighted by Gasteiger charge is 2.12. The van der Waals surface area contributed by atoms with Crippen molar-refractivity contribution in [1.29, 1.82) is 0 Å². The standard InChI is InChI=1S/C13H16O5S/c1-9(2)18-12(14)8-19(17)7-10-4-3-5-11(6-10)13(15)16/h3-6,9H,7-8H2,1-2H3,(H,15,16). The first kappa shape index (κ1) is 15.4. The molecule has 1 unspecified atom stereocenters. The average Bonchev–Trinajstić information content (AvgIpc) is 2.27. The number of carbonyl (C=O) groups is 2. The molecule has 0 spiro atoms. The fourth-order valence-corrected chi connectivity index (χ4v) is 2.44. The Hall–Kier alpha value is -1.69. The van der Waals surface area contributed by atoms with Gasteiger partial charge in [-0.1, -0.05) is 12.1 Å². The monoisotopic (exact) mass is 284 g/mol. The highest BCUT2D eigenvalue weighted by atomic mass is 32.2. The molecule has 0 saturated heterocycles. The number of hydrogen-bond donors (Lipinski definition) is 1. The van der Waals surface area contributed by atoms with Gasteiger partial charge in [0.25, 0.3) is 0 Å². The van der Waals surface area contributed by atoms with Crippen LogP contribution in [0.25, 0.3) is 0 Å². The zero-order valence-corrected chi connectivity index (χ0v) is 11.6. The van der Waals surface area contributed by atoms with Gasteiger partial charge in [-0.25, -0.2) is 4.79 Å². The molecule has 1 rings (SSSR count). The van der Waals surface area contributed by atoms with E-state index in [0.29, 0.717) is 5.56 Å². The molecule has 0 amide bonds. The molecule has 1 atom stereocenters. The van der Waals surface area contributed by atoms with Crippen molar-refractivity contribution in [2.24, 2.45) is 0 Å². The highest BCUT2D eigenvalue weighted by Crippen LogP contribution is 2.08. The molecule has 1 aromatic carbocycles. The van der Waals surface area contributed by atoms with Gasteiger partial charge in [-0.2, -0.15) is 0 Å². The summed E-state index contributed by atoms with van der Waals surface area (Å²) in [5, 5.41) is 8.84. The van der Waals surface area contributed by atoms with Crippen molar-refractivity contribution < 1.29 is 23.6 Å². The lowest BCUT2D eigenvalue weighted by molar-refractivity contribution is -0.144. The highest BCUT2D eigenvalue weighted by molar-refractivity contribution is 7.84. The summed E-state index contributed by atoms with van der Waals surface area (Å²) < 4.78 is 16.6. The first-order chi connectivity index (χ1) is 8.88. The third-order valence-electron chi connectivity index (χ3n) is 2.15. The van der Waals surface area contributed by atoms with E-state index in [1.54, 1.807) is 26.0 Å². The quantitative estimate of drug-likeness (QED) is 0.802. The van der Waals surface area contributed by atoms with Crippen LogP contribution in [-0.2, 0) is 26.1 Å². The lowest BCUT2D eigenvalue weighted by atomic mass is 10.1. The van der Waals surface area contributed by atoms with Crippen molar-refractivity contribution in [3.05, 3.63) is 35.4 Å². The number of carboxylic acid groups (broad SMARTS) is 1. The lowest BCUT2D eigenvalue weighted by Crippen LogP contribution is -2.18. The Morgan fingerprint density at radius 1 is 1.37 bits per heavy atom. The molecule has 0 fully saturated rings. The van der Waals surface area contributed by atoms with Crippen LogP contribution in [0.15, 0.2) is 24.3 Å². The maximum absolute atomic E-state index is 11.7. The summed E-state index contributed by atoms with van der Waals surface area (Å²) in [5.41, 5.74) is 0.759. The van der Waals surface area contributed by atoms with Crippen LogP contribution >= 0.6 is 0 Å². The summed E-state index contributed by atoms with van der Waals surface area (Å²) in [5.74, 6) is -1.60. The van der Waals surface area contributed by atoms with Gasteiger partial charge in [0, 0.05) is 16.6 Å². The zero-order chi connectivity index (χ0) is 14.4. The van der Waals surface area contributed by atoms with Gasteiger partial charge in [-0.15, -0.1) is 0 Å². The molecule has 0 heterocycles. The van der Waals surface area contributed by atoms with E-state index in [1.807, 2.05) is 0 Å². The third kappa shape index (κ3) is 5.65. The molecule has 1 aromatic rings. The summed E-state index contributed by atoms with van der Waals surface area (Å²) in [4.78, 5) is 22.1. The fourth-order valence-electron chi connectivity index (χ4n) is 1.46. The van der Waals surface area contributed by atoms with Crippen LogP contribution in [0, 0.1) is 0 Å². The second-order valence-electron chi connectivity index (χ2n) is 4.27. The predicted molar refractivity (Wildman–Crippen MR) is 71.3 cm³/mol. The summed E-state index contributed by atoms with van der Waals surface area (Å²) >= 11 is 0. The smallest absolute Gasteiger partial charge is 0.335 e. The van der Waals surface area contributed by atoms with Crippen molar-refractivity contribution in [2.75, 3.05) is 5.75 Å². The second-order valence-corrected chi connectivity index (χ2v) is 5.73. The Morgan fingerprint density at radius 2 is 2.05 bits per heavy atom. The molecule has 0 aromatic heterocycles. The van der Waals surface area contributed by atoms with Crippen molar-refractivity contribution in [2.45, 2.75) is 25.7 Å². The fraction of sp³-hybridized carbons (Fsp3) is 0.385. The first-order valence-corrected chi connectivity index (χ1v) is 7.24. The summed E-state index contributed by atoms with van der Waals surface area (Å²) in [7, 11) is -1.41. The maximum Gasteiger partial charge on any atom is 0.335 e. The van der Waals surface area contributed by atoms with E-state index in [2.05, 4.69) is 0 Å². The topological polar surface area (TPSA) is 80.7 Å². The number of carbonyl (C=O) groups excluding carboxylic acids is 1. The second kappa shape index (κ2) is 7.04. The largest absolute Gasteiger partial charge is 0.478 e. The van der Waals surface area contributed by atoms with Gasteiger partial charge in [-0.05, 0) is 31.5 Å². The number of aromatic carboxylic acids is 1. The van der Waals surface area contributed by atoms with E-state index in [1.165, 1.54) is 12.1 Å². The lowest BCUT2D eigenvalue weighted by Gasteiger charge is -2.07. The molecule has 6 heteroatoms. The van der Waals surface area contributed by atoms with Crippen LogP contribution < -0.4 is 0 Å². The molecule has 0 radical (unpaired) electrons. The molecule has 0 saturated carbocycles. The van der Waals surface area contributed by atoms with E-state index >= 15 is 0 Å². The van der Waals surface area contributed by atoms with E-state index in [0.717, 1.165) is 0 Å². The number of rotatable bonds is 6. The number of benzene rings is 1. The van der Waals surface area contributed by atoms with Crippen LogP contribution in [0.1, 0.15) is 29.8 Å². The van der Waals surface area contributed by atoms with Crippen molar-refractivity contribution in [3.63, 3.8) is 0 Å². The molecule has 0 aliphatic heterocycles. The van der Waals surface area contributed by atoms with E-state index < -0.39 is 22.7 Å². The van der Waals surface area contributed by atoms with Crippen molar-refractivity contribution in [1.82, 2.24) is 0 Å². The molecule has 5 nitrogen and oxygen atoms in total. The molecule has 0 aliphatic rings. The Labute approximate surface area is 114 Å². The average molecular weight is 284 g/mol. The first-order valence-electron chi connectivity index (χ1n) is 5.75. The van der Waals surface area contributed by atoms with Gasteiger partial charge in [-0.3, -0.25) is 9.00 Å². The predicted octanol–water partition coefficient (Wildman–Crippen LogP) is 1.59. The summed E-state index contributed by atoms with van der Waals surface area (Å²) in [6.07, 6.45) is -0.236. The van der Waals surface area contributed by atoms with Gasteiger partial charge in [0.1, 0.15) is 5.75 Å². The van der Waals surface area contributed by atoms with Crippen LogP contribution in [0.5, 0.6) is 0 Å². The number of ether oxygens (including phenoxy) is 1. The third-order valence-corrected chi connectivity index (χ3v) is 3.36. The van der Waals surface area contributed by atoms with Gasteiger partial charge < -0.3 is 9.84 Å². The number of esters is 1. The van der Waals surface area contributed by atoms with Gasteiger partial charge in [0.05, 0.1) is 11.7 Å². The molecule has 19 heavy (non-hydrogen) atoms. The molecular formula is C13H16O5S. The molecule has 1 N–H and O–H groups in total. The Morgan fingerprint density at radius 3 is 2.63 bits per heavy atom. The normalized spacial score (nSPS) is 12.2. The number of hydrogen-bond acceptors (Lipinski definition) is 4. The molecular weight excluding hydrogens is 268 g/mol. The van der Waals surface area contributed by atoms with Gasteiger partial charge in [0.15, 0.2) is 0 Å². The maximum atomic E-state index is 11.7. The minimum atomic E-state index is -1.41. The van der Waals surface area contributed by atoms with Gasteiger partial charge in [0.2, 0.25) is 0 Å². The number of carboxylic acids is 1. The van der Waals surface area contributed by atoms with Crippen molar-refractivity contribution >= 4 is 22.7 Å². The van der Waals surface area contributed by atoms with E-state index in [4.69, 9.17) is 9.84 Å². The Kier molecular flexibility index (Phi) is 5.69. The van der Waals surface area contributed by atoms with Crippen LogP contribution in [-0.4, -0.2) is 33.1 Å². The van der Waals surface area contributed by atoms with E-state index in [-0.39, 0.29) is 23.2 Å². The molecule has 104 valence electrons. The van der Waals surface area contributed by atoms with Crippen LogP contribution in [0.4, 0.5) is 0 Å². The zero-order valence-electron chi connectivity index (χ0n) is 10.8. The Balaban J connectivity index is 2.59. The minimum absolute atomic E-state index is 0.133. The van der Waals surface area contributed by atoms with Crippen LogP contribution in [0.3, 0.4) is 0 Å². The summed E-state index contributed by atoms with van der Waals surface area (Å²) in [6, 6.07) is 6.18. The molecule has 0 aliphatic carbocycles.